The largest absolute Gasteiger partial charge is 0.456 e. The molecule has 1 heterocycles. The highest BCUT2D eigenvalue weighted by Gasteiger charge is 2.60. The van der Waals surface area contributed by atoms with Crippen molar-refractivity contribution in [3.63, 3.8) is 0 Å². The molecule has 4 aromatic rings. The molecular formula is C37H36O9. The molecule has 0 bridgehead atoms. The van der Waals surface area contributed by atoms with Crippen LogP contribution in [0.4, 0.5) is 0 Å². The number of carbonyl (C=O) groups excluding carboxylic acids is 3. The van der Waals surface area contributed by atoms with Gasteiger partial charge in [-0.3, -0.25) is 0 Å². The number of hydrogen-bond acceptors (Lipinski definition) is 9. The summed E-state index contributed by atoms with van der Waals surface area (Å²) in [6.45, 7) is 4.98. The number of esters is 3. The van der Waals surface area contributed by atoms with Gasteiger partial charge < -0.3 is 28.8 Å². The number of aliphatic hydroxyl groups is 1. The van der Waals surface area contributed by atoms with Crippen molar-refractivity contribution >= 4 is 17.9 Å². The first kappa shape index (κ1) is 32.6. The van der Waals surface area contributed by atoms with Gasteiger partial charge in [0.05, 0.1) is 29.9 Å². The van der Waals surface area contributed by atoms with Crippen LogP contribution in [-0.2, 0) is 30.3 Å². The SMILES string of the molecule is Cc1ccc(C(=O)OCC2(O)O[C@H](COCc3ccccc3)[C@@H](OC(=O)c3ccc(C)cc3)[C@H]2OC(=O)c2ccc(C)cc2)cc1. The molecule has 46 heavy (non-hydrogen) atoms. The zero-order valence-corrected chi connectivity index (χ0v) is 25.9. The van der Waals surface area contributed by atoms with Crippen LogP contribution in [0.5, 0.6) is 0 Å². The van der Waals surface area contributed by atoms with Crippen molar-refractivity contribution in [1.29, 1.82) is 0 Å². The maximum Gasteiger partial charge on any atom is 0.338 e. The Kier molecular flexibility index (Phi) is 10.3. The van der Waals surface area contributed by atoms with Gasteiger partial charge in [0.15, 0.2) is 12.2 Å². The third-order valence-electron chi connectivity index (χ3n) is 7.61. The summed E-state index contributed by atoms with van der Waals surface area (Å²) in [5.41, 5.74) is 4.43. The third kappa shape index (κ3) is 8.06. The summed E-state index contributed by atoms with van der Waals surface area (Å²) in [5, 5.41) is 11.9. The Balaban J connectivity index is 1.43. The first-order valence-corrected chi connectivity index (χ1v) is 14.9. The van der Waals surface area contributed by atoms with Crippen LogP contribution in [0.15, 0.2) is 103 Å². The van der Waals surface area contributed by atoms with Gasteiger partial charge in [-0.25, -0.2) is 14.4 Å². The van der Waals surface area contributed by atoms with Crippen molar-refractivity contribution in [3.05, 3.63) is 142 Å². The van der Waals surface area contributed by atoms with Crippen LogP contribution >= 0.6 is 0 Å². The molecule has 1 fully saturated rings. The van der Waals surface area contributed by atoms with Gasteiger partial charge >= 0.3 is 17.9 Å². The molecule has 238 valence electrons. The van der Waals surface area contributed by atoms with Crippen LogP contribution in [0.1, 0.15) is 53.3 Å². The van der Waals surface area contributed by atoms with E-state index in [1.54, 1.807) is 72.8 Å². The lowest BCUT2D eigenvalue weighted by atomic mass is 10.0. The van der Waals surface area contributed by atoms with Gasteiger partial charge in [-0.05, 0) is 62.7 Å². The topological polar surface area (TPSA) is 118 Å². The molecule has 0 aliphatic carbocycles. The average molecular weight is 625 g/mol. The highest BCUT2D eigenvalue weighted by atomic mass is 16.7. The molecule has 0 saturated carbocycles. The molecule has 1 aliphatic heterocycles. The van der Waals surface area contributed by atoms with Gasteiger partial charge in [0.1, 0.15) is 12.7 Å². The second-order valence-electron chi connectivity index (χ2n) is 11.4. The Labute approximate surface area is 267 Å². The highest BCUT2D eigenvalue weighted by Crippen LogP contribution is 2.36. The summed E-state index contributed by atoms with van der Waals surface area (Å²) < 4.78 is 29.1. The van der Waals surface area contributed by atoms with E-state index in [0.29, 0.717) is 0 Å². The maximum absolute atomic E-state index is 13.4. The van der Waals surface area contributed by atoms with Crippen molar-refractivity contribution in [2.45, 2.75) is 51.5 Å². The van der Waals surface area contributed by atoms with Gasteiger partial charge in [0.2, 0.25) is 5.79 Å². The second-order valence-corrected chi connectivity index (χ2v) is 11.4. The van der Waals surface area contributed by atoms with Crippen molar-refractivity contribution in [3.8, 4) is 0 Å². The Morgan fingerprint density at radius 2 is 1.15 bits per heavy atom. The average Bonchev–Trinajstić information content (AvgIpc) is 3.31. The molecule has 1 N–H and O–H groups in total. The normalized spacial score (nSPS) is 20.6. The molecule has 1 unspecified atom stereocenters. The van der Waals surface area contributed by atoms with E-state index < -0.39 is 48.6 Å². The summed E-state index contributed by atoms with van der Waals surface area (Å²) in [7, 11) is 0. The van der Waals surface area contributed by atoms with Crippen molar-refractivity contribution in [1.82, 2.24) is 0 Å². The maximum atomic E-state index is 13.4. The summed E-state index contributed by atoms with van der Waals surface area (Å²) in [6.07, 6.45) is -4.02. The molecular weight excluding hydrogens is 588 g/mol. The Hall–Kier alpha value is -4.83. The predicted octanol–water partition coefficient (Wildman–Crippen LogP) is 5.52. The summed E-state index contributed by atoms with van der Waals surface area (Å²) in [6, 6.07) is 29.5. The van der Waals surface area contributed by atoms with Crippen LogP contribution in [0, 0.1) is 20.8 Å². The van der Waals surface area contributed by atoms with Crippen LogP contribution in [-0.4, -0.2) is 60.3 Å². The highest BCUT2D eigenvalue weighted by molar-refractivity contribution is 5.91. The van der Waals surface area contributed by atoms with Gasteiger partial charge in [0.25, 0.3) is 0 Å². The molecule has 9 nitrogen and oxygen atoms in total. The van der Waals surface area contributed by atoms with Gasteiger partial charge in [0, 0.05) is 0 Å². The number of rotatable bonds is 11. The first-order valence-electron chi connectivity index (χ1n) is 14.9. The molecule has 9 heteroatoms. The lowest BCUT2D eigenvalue weighted by Crippen LogP contribution is -2.51. The van der Waals surface area contributed by atoms with E-state index in [9.17, 15) is 19.5 Å². The van der Waals surface area contributed by atoms with Crippen LogP contribution < -0.4 is 0 Å². The molecule has 0 spiro atoms. The minimum atomic E-state index is -2.39. The minimum absolute atomic E-state index is 0.145. The van der Waals surface area contributed by atoms with Gasteiger partial charge in [-0.15, -0.1) is 0 Å². The number of benzene rings is 4. The van der Waals surface area contributed by atoms with Crippen LogP contribution in [0.25, 0.3) is 0 Å². The summed E-state index contributed by atoms with van der Waals surface area (Å²) in [5.74, 6) is -4.63. The van der Waals surface area contributed by atoms with E-state index in [2.05, 4.69) is 0 Å². The number of aryl methyl sites for hydroxylation is 3. The van der Waals surface area contributed by atoms with Crippen molar-refractivity contribution in [2.75, 3.05) is 13.2 Å². The van der Waals surface area contributed by atoms with Crippen LogP contribution in [0.3, 0.4) is 0 Å². The van der Waals surface area contributed by atoms with Crippen LogP contribution in [0.2, 0.25) is 0 Å². The zero-order valence-electron chi connectivity index (χ0n) is 25.9. The van der Waals surface area contributed by atoms with Crippen molar-refractivity contribution < 1.29 is 43.2 Å². The summed E-state index contributed by atoms with van der Waals surface area (Å²) in [4.78, 5) is 39.6. The lowest BCUT2D eigenvalue weighted by molar-refractivity contribution is -0.249. The van der Waals surface area contributed by atoms with E-state index in [4.69, 9.17) is 23.7 Å². The van der Waals surface area contributed by atoms with Gasteiger partial charge in [-0.2, -0.15) is 0 Å². The van der Waals surface area contributed by atoms with Crippen molar-refractivity contribution in [2.24, 2.45) is 0 Å². The molecule has 4 aromatic carbocycles. The predicted molar refractivity (Wildman–Crippen MR) is 168 cm³/mol. The fourth-order valence-corrected chi connectivity index (χ4v) is 4.95. The minimum Gasteiger partial charge on any atom is -0.456 e. The third-order valence-corrected chi connectivity index (χ3v) is 7.61. The smallest absolute Gasteiger partial charge is 0.338 e. The lowest BCUT2D eigenvalue weighted by Gasteiger charge is -2.29. The number of carbonyl (C=O) groups is 3. The molecule has 0 radical (unpaired) electrons. The first-order chi connectivity index (χ1) is 22.1. The quantitative estimate of drug-likeness (QED) is 0.170. The molecule has 1 aliphatic rings. The molecule has 4 atom stereocenters. The molecule has 5 rings (SSSR count). The number of ether oxygens (including phenoxy) is 5. The van der Waals surface area contributed by atoms with Gasteiger partial charge in [-0.1, -0.05) is 83.4 Å². The molecule has 0 amide bonds. The molecule has 1 saturated heterocycles. The van der Waals surface area contributed by atoms with E-state index in [1.807, 2.05) is 51.1 Å². The zero-order chi connectivity index (χ0) is 32.7. The van der Waals surface area contributed by atoms with E-state index in [1.165, 1.54) is 0 Å². The Morgan fingerprint density at radius 1 is 0.674 bits per heavy atom. The fraction of sp³-hybridized carbons (Fsp3) is 0.270. The molecule has 0 aromatic heterocycles. The fourth-order valence-electron chi connectivity index (χ4n) is 4.95. The van der Waals surface area contributed by atoms with E-state index in [0.717, 1.165) is 22.3 Å². The van der Waals surface area contributed by atoms with E-state index in [-0.39, 0.29) is 29.9 Å². The monoisotopic (exact) mass is 624 g/mol. The summed E-state index contributed by atoms with van der Waals surface area (Å²) >= 11 is 0. The van der Waals surface area contributed by atoms with E-state index >= 15 is 0 Å². The standard InChI is InChI=1S/C37H36O9/c1-24-9-15-28(16-10-24)34(38)43-23-37(41)33(45-36(40)30-19-13-26(3)14-20-30)32(44-35(39)29-17-11-25(2)12-18-29)31(46-37)22-42-21-27-7-5-4-6-8-27/h4-20,31-33,41H,21-23H2,1-3H3/t31-,32-,33-,37?/m1/s1. The Bertz CT molecular complexity index is 1630. The Morgan fingerprint density at radius 3 is 1.67 bits per heavy atom. The number of hydrogen-bond donors (Lipinski definition) is 1. The second kappa shape index (κ2) is 14.5.